The van der Waals surface area contributed by atoms with Gasteiger partial charge in [0.05, 0.1) is 11.0 Å². The first kappa shape index (κ1) is 13.1. The van der Waals surface area contributed by atoms with Gasteiger partial charge in [-0.3, -0.25) is 0 Å². The molecule has 0 saturated heterocycles. The molecular formula is C13H18N2O2S. The summed E-state index contributed by atoms with van der Waals surface area (Å²) in [5, 5.41) is 0.580. The lowest BCUT2D eigenvalue weighted by Crippen LogP contribution is -2.16. The van der Waals surface area contributed by atoms with Crippen LogP contribution in [0.4, 0.5) is 0 Å². The second-order valence-corrected chi connectivity index (χ2v) is 7.27. The van der Waals surface area contributed by atoms with Crippen molar-refractivity contribution < 1.29 is 8.42 Å². The highest BCUT2D eigenvalue weighted by atomic mass is 32.2. The molecule has 5 heteroatoms. The van der Waals surface area contributed by atoms with Crippen molar-refractivity contribution in [2.24, 2.45) is 5.73 Å². The zero-order valence-electron chi connectivity index (χ0n) is 10.6. The van der Waals surface area contributed by atoms with E-state index in [4.69, 9.17) is 5.73 Å². The molecule has 2 aromatic rings. The van der Waals surface area contributed by atoms with E-state index in [9.17, 15) is 8.42 Å². The maximum Gasteiger partial charge on any atom is 0.156 e. The van der Waals surface area contributed by atoms with Gasteiger partial charge in [-0.2, -0.15) is 0 Å². The lowest BCUT2D eigenvalue weighted by molar-refractivity contribution is 0.586. The predicted octanol–water partition coefficient (Wildman–Crippen LogP) is 1.95. The molecule has 0 fully saturated rings. The standard InChI is InChI=1S/C13H18N2O2S/c1-9(2)18(16,17)8-11-7-15-12-5-3-4-10(6-14)13(11)12/h3-5,7,9,15H,6,8,14H2,1-2H3. The Morgan fingerprint density at radius 1 is 1.28 bits per heavy atom. The van der Waals surface area contributed by atoms with E-state index in [0.29, 0.717) is 6.54 Å². The third-order valence-corrected chi connectivity index (χ3v) is 5.32. The van der Waals surface area contributed by atoms with Crippen LogP contribution in [0.1, 0.15) is 25.0 Å². The van der Waals surface area contributed by atoms with Gasteiger partial charge in [0.25, 0.3) is 0 Å². The molecule has 0 amide bonds. The SMILES string of the molecule is CC(C)S(=O)(=O)Cc1c[nH]c2cccc(CN)c12. The van der Waals surface area contributed by atoms with Crippen LogP contribution in [-0.4, -0.2) is 18.7 Å². The Bertz CT molecular complexity index is 657. The third kappa shape index (κ3) is 2.28. The Balaban J connectivity index is 2.53. The number of fused-ring (bicyclic) bond motifs is 1. The van der Waals surface area contributed by atoms with Crippen LogP contribution in [0.25, 0.3) is 10.9 Å². The van der Waals surface area contributed by atoms with Gasteiger partial charge in [-0.15, -0.1) is 0 Å². The number of nitrogens with two attached hydrogens (primary N) is 1. The molecule has 3 N–H and O–H groups in total. The molecule has 18 heavy (non-hydrogen) atoms. The van der Waals surface area contributed by atoms with Gasteiger partial charge in [-0.05, 0) is 31.0 Å². The zero-order valence-corrected chi connectivity index (χ0v) is 11.4. The lowest BCUT2D eigenvalue weighted by atomic mass is 10.1. The molecule has 0 saturated carbocycles. The average molecular weight is 266 g/mol. The van der Waals surface area contributed by atoms with Crippen LogP contribution in [-0.2, 0) is 22.1 Å². The number of rotatable bonds is 4. The van der Waals surface area contributed by atoms with Crippen LogP contribution in [0.3, 0.4) is 0 Å². The largest absolute Gasteiger partial charge is 0.361 e. The summed E-state index contributed by atoms with van der Waals surface area (Å²) < 4.78 is 24.0. The summed E-state index contributed by atoms with van der Waals surface area (Å²) in [6, 6.07) is 5.78. The number of H-pyrrole nitrogens is 1. The van der Waals surface area contributed by atoms with Gasteiger partial charge in [0.2, 0.25) is 0 Å². The van der Waals surface area contributed by atoms with E-state index in [1.807, 2.05) is 18.2 Å². The first-order chi connectivity index (χ1) is 8.45. The third-order valence-electron chi connectivity index (χ3n) is 3.17. The number of aromatic amines is 1. The Morgan fingerprint density at radius 3 is 2.61 bits per heavy atom. The Morgan fingerprint density at radius 2 is 2.00 bits per heavy atom. The van der Waals surface area contributed by atoms with Gasteiger partial charge >= 0.3 is 0 Å². The Kier molecular flexibility index (Phi) is 3.45. The van der Waals surface area contributed by atoms with Gasteiger partial charge in [-0.1, -0.05) is 12.1 Å². The van der Waals surface area contributed by atoms with E-state index in [1.165, 1.54) is 0 Å². The van der Waals surface area contributed by atoms with E-state index < -0.39 is 9.84 Å². The number of aromatic nitrogens is 1. The molecular weight excluding hydrogens is 248 g/mol. The van der Waals surface area contributed by atoms with Gasteiger partial charge in [0.1, 0.15) is 0 Å². The molecule has 0 aliphatic heterocycles. The number of sulfone groups is 1. The minimum Gasteiger partial charge on any atom is -0.361 e. The second kappa shape index (κ2) is 4.74. The molecule has 0 bridgehead atoms. The Labute approximate surface area is 107 Å². The molecule has 0 spiro atoms. The van der Waals surface area contributed by atoms with Crippen LogP contribution < -0.4 is 5.73 Å². The van der Waals surface area contributed by atoms with Gasteiger partial charge in [0, 0.05) is 23.6 Å². The van der Waals surface area contributed by atoms with Crippen molar-refractivity contribution in [3.63, 3.8) is 0 Å². The number of benzene rings is 1. The number of nitrogens with one attached hydrogen (secondary N) is 1. The highest BCUT2D eigenvalue weighted by Gasteiger charge is 2.19. The van der Waals surface area contributed by atoms with Crippen molar-refractivity contribution in [3.05, 3.63) is 35.5 Å². The summed E-state index contributed by atoms with van der Waals surface area (Å²) >= 11 is 0. The molecule has 1 aromatic heterocycles. The molecule has 0 radical (unpaired) electrons. The average Bonchev–Trinajstić information content (AvgIpc) is 2.71. The normalized spacial score (nSPS) is 12.4. The second-order valence-electron chi connectivity index (χ2n) is 4.71. The van der Waals surface area contributed by atoms with E-state index in [2.05, 4.69) is 4.98 Å². The van der Waals surface area contributed by atoms with Gasteiger partial charge < -0.3 is 10.7 Å². The smallest absolute Gasteiger partial charge is 0.156 e. The minimum atomic E-state index is -3.10. The van der Waals surface area contributed by atoms with Crippen LogP contribution >= 0.6 is 0 Å². The fourth-order valence-corrected chi connectivity index (χ4v) is 3.00. The highest BCUT2D eigenvalue weighted by molar-refractivity contribution is 7.91. The fourth-order valence-electron chi connectivity index (χ4n) is 2.00. The summed E-state index contributed by atoms with van der Waals surface area (Å²) in [6.45, 7) is 3.81. The summed E-state index contributed by atoms with van der Waals surface area (Å²) in [7, 11) is -3.10. The van der Waals surface area contributed by atoms with Crippen molar-refractivity contribution in [2.75, 3.05) is 0 Å². The lowest BCUT2D eigenvalue weighted by Gasteiger charge is -2.08. The van der Waals surface area contributed by atoms with Crippen LogP contribution in [0.15, 0.2) is 24.4 Å². The van der Waals surface area contributed by atoms with Crippen LogP contribution in [0, 0.1) is 0 Å². The summed E-state index contributed by atoms with van der Waals surface area (Å²) in [5.74, 6) is 0.0572. The van der Waals surface area contributed by atoms with Crippen molar-refractivity contribution >= 4 is 20.7 Å². The van der Waals surface area contributed by atoms with Crippen molar-refractivity contribution in [2.45, 2.75) is 31.4 Å². The first-order valence-electron chi connectivity index (χ1n) is 5.95. The van der Waals surface area contributed by atoms with E-state index in [0.717, 1.165) is 22.0 Å². The molecule has 4 nitrogen and oxygen atoms in total. The number of hydrogen-bond donors (Lipinski definition) is 2. The fraction of sp³-hybridized carbons (Fsp3) is 0.385. The van der Waals surface area contributed by atoms with Crippen molar-refractivity contribution in [1.29, 1.82) is 0 Å². The van der Waals surface area contributed by atoms with Crippen LogP contribution in [0.5, 0.6) is 0 Å². The minimum absolute atomic E-state index is 0.0572. The molecule has 1 aromatic carbocycles. The maximum atomic E-state index is 12.0. The molecule has 0 atom stereocenters. The van der Waals surface area contributed by atoms with Crippen molar-refractivity contribution in [1.82, 2.24) is 4.98 Å². The summed E-state index contributed by atoms with van der Waals surface area (Å²) in [6.07, 6.45) is 1.77. The molecule has 98 valence electrons. The molecule has 0 aliphatic carbocycles. The quantitative estimate of drug-likeness (QED) is 0.888. The van der Waals surface area contributed by atoms with E-state index in [1.54, 1.807) is 20.0 Å². The highest BCUT2D eigenvalue weighted by Crippen LogP contribution is 2.25. The molecule has 2 rings (SSSR count). The van der Waals surface area contributed by atoms with Crippen molar-refractivity contribution in [3.8, 4) is 0 Å². The van der Waals surface area contributed by atoms with Gasteiger partial charge in [0.15, 0.2) is 9.84 Å². The summed E-state index contributed by atoms with van der Waals surface area (Å²) in [4.78, 5) is 3.10. The topological polar surface area (TPSA) is 76.0 Å². The number of hydrogen-bond acceptors (Lipinski definition) is 3. The molecule has 0 unspecified atom stereocenters. The monoisotopic (exact) mass is 266 g/mol. The zero-order chi connectivity index (χ0) is 13.3. The molecule has 1 heterocycles. The predicted molar refractivity (Wildman–Crippen MR) is 73.9 cm³/mol. The van der Waals surface area contributed by atoms with E-state index in [-0.39, 0.29) is 11.0 Å². The maximum absolute atomic E-state index is 12.0. The van der Waals surface area contributed by atoms with Gasteiger partial charge in [-0.25, -0.2) is 8.42 Å². The first-order valence-corrected chi connectivity index (χ1v) is 7.66. The Hall–Kier alpha value is -1.33. The van der Waals surface area contributed by atoms with E-state index >= 15 is 0 Å². The molecule has 0 aliphatic rings. The summed E-state index contributed by atoms with van der Waals surface area (Å²) in [5.41, 5.74) is 8.42. The van der Waals surface area contributed by atoms with Crippen LogP contribution in [0.2, 0.25) is 0 Å².